The van der Waals surface area contributed by atoms with E-state index >= 15 is 0 Å². The van der Waals surface area contributed by atoms with E-state index in [-0.39, 0.29) is 5.78 Å². The third-order valence-electron chi connectivity index (χ3n) is 2.82. The first-order valence-corrected chi connectivity index (χ1v) is 6.11. The van der Waals surface area contributed by atoms with Gasteiger partial charge in [-0.1, -0.05) is 36.4 Å². The lowest BCUT2D eigenvalue weighted by molar-refractivity contribution is 0.101. The summed E-state index contributed by atoms with van der Waals surface area (Å²) >= 11 is 0. The van der Waals surface area contributed by atoms with E-state index in [0.717, 1.165) is 16.9 Å². The van der Waals surface area contributed by atoms with Crippen molar-refractivity contribution in [1.29, 1.82) is 0 Å². The largest absolute Gasteiger partial charge is 0.457 e. The summed E-state index contributed by atoms with van der Waals surface area (Å²) in [6.07, 6.45) is 0. The van der Waals surface area contributed by atoms with Crippen molar-refractivity contribution >= 4 is 11.4 Å². The summed E-state index contributed by atoms with van der Waals surface area (Å²) < 4.78 is 5.72. The first-order chi connectivity index (χ1) is 9.06. The molecule has 2 rings (SSSR count). The summed E-state index contributed by atoms with van der Waals surface area (Å²) in [7, 11) is 0. The van der Waals surface area contributed by atoms with Crippen molar-refractivity contribution in [2.75, 3.05) is 0 Å². The van der Waals surface area contributed by atoms with Gasteiger partial charge in [0.1, 0.15) is 11.5 Å². The smallest absolute Gasteiger partial charge is 0.159 e. The highest BCUT2D eigenvalue weighted by molar-refractivity contribution is 5.94. The van der Waals surface area contributed by atoms with E-state index in [1.165, 1.54) is 0 Å². The van der Waals surface area contributed by atoms with Crippen molar-refractivity contribution in [3.8, 4) is 11.5 Å². The molecule has 2 aromatic carbocycles. The fourth-order valence-electron chi connectivity index (χ4n) is 1.72. The lowest BCUT2D eigenvalue weighted by Gasteiger charge is -2.07. The van der Waals surface area contributed by atoms with Crippen molar-refractivity contribution in [1.82, 2.24) is 0 Å². The monoisotopic (exact) mass is 252 g/mol. The van der Waals surface area contributed by atoms with Crippen LogP contribution in [0.25, 0.3) is 5.57 Å². The van der Waals surface area contributed by atoms with Crippen LogP contribution >= 0.6 is 0 Å². The van der Waals surface area contributed by atoms with Gasteiger partial charge in [-0.2, -0.15) is 0 Å². The highest BCUT2D eigenvalue weighted by Gasteiger charge is 2.02. The Morgan fingerprint density at radius 1 is 0.947 bits per heavy atom. The Labute approximate surface area is 113 Å². The van der Waals surface area contributed by atoms with Crippen molar-refractivity contribution < 1.29 is 9.53 Å². The van der Waals surface area contributed by atoms with Gasteiger partial charge in [-0.25, -0.2) is 0 Å². The van der Waals surface area contributed by atoms with Gasteiger partial charge in [0.05, 0.1) is 0 Å². The molecule has 0 aliphatic rings. The molecule has 0 atom stereocenters. The van der Waals surface area contributed by atoms with Gasteiger partial charge in [0, 0.05) is 5.56 Å². The van der Waals surface area contributed by atoms with Crippen molar-refractivity contribution in [3.63, 3.8) is 0 Å². The Morgan fingerprint density at radius 3 is 2.21 bits per heavy atom. The molecule has 0 aromatic heterocycles. The SMILES string of the molecule is C=C(C)c1ccc(Oc2cccc(C(C)=O)c2)cc1. The third kappa shape index (κ3) is 3.32. The van der Waals surface area contributed by atoms with Gasteiger partial charge in [0.2, 0.25) is 0 Å². The quantitative estimate of drug-likeness (QED) is 0.736. The normalized spacial score (nSPS) is 10.0. The number of ketones is 1. The number of hydrogen-bond acceptors (Lipinski definition) is 2. The van der Waals surface area contributed by atoms with Crippen LogP contribution < -0.4 is 4.74 Å². The molecule has 0 unspecified atom stereocenters. The van der Waals surface area contributed by atoms with Gasteiger partial charge >= 0.3 is 0 Å². The molecule has 0 amide bonds. The number of allylic oxidation sites excluding steroid dienone is 1. The molecule has 0 bridgehead atoms. The molecule has 0 aliphatic heterocycles. The second kappa shape index (κ2) is 5.53. The molecule has 2 aromatic rings. The first kappa shape index (κ1) is 13.1. The molecule has 0 saturated carbocycles. The van der Waals surface area contributed by atoms with E-state index in [4.69, 9.17) is 4.74 Å². The fraction of sp³-hybridized carbons (Fsp3) is 0.118. The zero-order chi connectivity index (χ0) is 13.8. The Kier molecular flexibility index (Phi) is 3.81. The Morgan fingerprint density at radius 2 is 1.63 bits per heavy atom. The molecule has 0 heterocycles. The minimum Gasteiger partial charge on any atom is -0.457 e. The predicted octanol–water partition coefficient (Wildman–Crippen LogP) is 4.71. The summed E-state index contributed by atoms with van der Waals surface area (Å²) in [5, 5.41) is 0. The number of carbonyl (C=O) groups is 1. The molecular formula is C17H16O2. The molecule has 0 N–H and O–H groups in total. The number of ether oxygens (including phenoxy) is 1. The lowest BCUT2D eigenvalue weighted by atomic mass is 10.1. The highest BCUT2D eigenvalue weighted by Crippen LogP contribution is 2.24. The van der Waals surface area contributed by atoms with E-state index in [1.807, 2.05) is 43.3 Å². The second-order valence-corrected chi connectivity index (χ2v) is 4.49. The average molecular weight is 252 g/mol. The van der Waals surface area contributed by atoms with E-state index in [1.54, 1.807) is 19.1 Å². The first-order valence-electron chi connectivity index (χ1n) is 6.11. The van der Waals surface area contributed by atoms with Gasteiger partial charge < -0.3 is 4.74 Å². The fourth-order valence-corrected chi connectivity index (χ4v) is 1.72. The van der Waals surface area contributed by atoms with Crippen LogP contribution in [-0.4, -0.2) is 5.78 Å². The molecule has 2 nitrogen and oxygen atoms in total. The Hall–Kier alpha value is -2.35. The van der Waals surface area contributed by atoms with Crippen LogP contribution in [0.15, 0.2) is 55.1 Å². The second-order valence-electron chi connectivity index (χ2n) is 4.49. The number of hydrogen-bond donors (Lipinski definition) is 0. The molecule has 19 heavy (non-hydrogen) atoms. The third-order valence-corrected chi connectivity index (χ3v) is 2.82. The van der Waals surface area contributed by atoms with Gasteiger partial charge in [-0.05, 0) is 43.7 Å². The van der Waals surface area contributed by atoms with Gasteiger partial charge in [-0.3, -0.25) is 4.79 Å². The van der Waals surface area contributed by atoms with Gasteiger partial charge in [0.15, 0.2) is 5.78 Å². The van der Waals surface area contributed by atoms with Crippen LogP contribution in [0.3, 0.4) is 0 Å². The lowest BCUT2D eigenvalue weighted by Crippen LogP contribution is -1.92. The van der Waals surface area contributed by atoms with E-state index < -0.39 is 0 Å². The van der Waals surface area contributed by atoms with Crippen molar-refractivity contribution in [2.45, 2.75) is 13.8 Å². The van der Waals surface area contributed by atoms with Crippen LogP contribution in [0.4, 0.5) is 0 Å². The zero-order valence-corrected chi connectivity index (χ0v) is 11.1. The average Bonchev–Trinajstić information content (AvgIpc) is 2.39. The maximum absolute atomic E-state index is 11.3. The Balaban J connectivity index is 2.19. The molecule has 0 aliphatic carbocycles. The molecule has 0 radical (unpaired) electrons. The number of benzene rings is 2. The number of rotatable bonds is 4. The molecule has 96 valence electrons. The highest BCUT2D eigenvalue weighted by atomic mass is 16.5. The number of carbonyl (C=O) groups excluding carboxylic acids is 1. The minimum absolute atomic E-state index is 0.0306. The summed E-state index contributed by atoms with van der Waals surface area (Å²) in [5.74, 6) is 1.43. The summed E-state index contributed by atoms with van der Waals surface area (Å²) in [5.41, 5.74) is 2.76. The maximum atomic E-state index is 11.3. The van der Waals surface area contributed by atoms with E-state index in [2.05, 4.69) is 6.58 Å². The van der Waals surface area contributed by atoms with Crippen LogP contribution in [0, 0.1) is 0 Å². The van der Waals surface area contributed by atoms with Gasteiger partial charge in [0.25, 0.3) is 0 Å². The molecule has 0 fully saturated rings. The van der Waals surface area contributed by atoms with Crippen LogP contribution in [0.1, 0.15) is 29.8 Å². The van der Waals surface area contributed by atoms with Gasteiger partial charge in [-0.15, -0.1) is 0 Å². The van der Waals surface area contributed by atoms with Crippen LogP contribution in [-0.2, 0) is 0 Å². The Bertz CT molecular complexity index is 609. The van der Waals surface area contributed by atoms with Crippen molar-refractivity contribution in [3.05, 3.63) is 66.2 Å². The molecule has 2 heteroatoms. The molecular weight excluding hydrogens is 236 g/mol. The molecule has 0 saturated heterocycles. The van der Waals surface area contributed by atoms with Crippen LogP contribution in [0.2, 0.25) is 0 Å². The van der Waals surface area contributed by atoms with Crippen LogP contribution in [0.5, 0.6) is 11.5 Å². The standard InChI is InChI=1S/C17H16O2/c1-12(2)14-7-9-16(10-8-14)19-17-6-4-5-15(11-17)13(3)18/h4-11H,1H2,2-3H3. The minimum atomic E-state index is 0.0306. The number of Topliss-reactive ketones (excluding diaryl/α,β-unsaturated/α-hetero) is 1. The zero-order valence-electron chi connectivity index (χ0n) is 11.1. The summed E-state index contributed by atoms with van der Waals surface area (Å²) in [6.45, 7) is 7.40. The maximum Gasteiger partial charge on any atom is 0.159 e. The van der Waals surface area contributed by atoms with E-state index in [0.29, 0.717) is 11.3 Å². The van der Waals surface area contributed by atoms with Crippen molar-refractivity contribution in [2.24, 2.45) is 0 Å². The predicted molar refractivity (Wildman–Crippen MR) is 77.7 cm³/mol. The topological polar surface area (TPSA) is 26.3 Å². The summed E-state index contributed by atoms with van der Waals surface area (Å²) in [4.78, 5) is 11.3. The molecule has 0 spiro atoms. The van der Waals surface area contributed by atoms with E-state index in [9.17, 15) is 4.79 Å². The summed E-state index contributed by atoms with van der Waals surface area (Å²) in [6, 6.07) is 14.9.